The number of nitrogens with zero attached hydrogens (tertiary/aromatic N) is 1. The van der Waals surface area contributed by atoms with Crippen LogP contribution in [0.5, 0.6) is 0 Å². The first-order valence-electron chi connectivity index (χ1n) is 7.37. The maximum Gasteiger partial charge on any atom is 0.0824 e. The summed E-state index contributed by atoms with van der Waals surface area (Å²) in [4.78, 5) is 2.50. The predicted molar refractivity (Wildman–Crippen MR) is 74.3 cm³/mol. The van der Waals surface area contributed by atoms with E-state index in [0.717, 1.165) is 18.4 Å². The van der Waals surface area contributed by atoms with E-state index >= 15 is 0 Å². The summed E-state index contributed by atoms with van der Waals surface area (Å²) in [5.41, 5.74) is 0.259. The van der Waals surface area contributed by atoms with Gasteiger partial charge in [0.15, 0.2) is 0 Å². The summed E-state index contributed by atoms with van der Waals surface area (Å²) in [5, 5.41) is 0. The summed E-state index contributed by atoms with van der Waals surface area (Å²) in [5.74, 6) is 1.66. The van der Waals surface area contributed by atoms with E-state index in [-0.39, 0.29) is 5.60 Å². The summed E-state index contributed by atoms with van der Waals surface area (Å²) >= 11 is 0. The molecule has 1 spiro atoms. The van der Waals surface area contributed by atoms with Gasteiger partial charge in [-0.05, 0) is 31.2 Å². The Morgan fingerprint density at radius 3 is 2.35 bits per heavy atom. The molecule has 0 aromatic rings. The summed E-state index contributed by atoms with van der Waals surface area (Å²) in [6.07, 6.45) is 3.84. The fourth-order valence-corrected chi connectivity index (χ4v) is 2.55. The standard InChI is InChI=1S/C10H19NO.C5H12/c1-3-11-5-4-10(8-11)6-9(2)7-12-10;1-4-5(2)3/h9H,3-8H2,1-2H3;5H,4H2,1-3H3. The van der Waals surface area contributed by atoms with E-state index in [1.54, 1.807) is 0 Å². The van der Waals surface area contributed by atoms with E-state index in [9.17, 15) is 0 Å². The van der Waals surface area contributed by atoms with Gasteiger partial charge < -0.3 is 9.64 Å². The molecule has 0 aromatic heterocycles. The largest absolute Gasteiger partial charge is 0.373 e. The Kier molecular flexibility index (Phi) is 5.94. The molecular formula is C15H31NO. The van der Waals surface area contributed by atoms with Crippen molar-refractivity contribution >= 4 is 0 Å². The second-order valence-electron chi connectivity index (χ2n) is 6.22. The Morgan fingerprint density at radius 1 is 1.35 bits per heavy atom. The molecule has 2 saturated heterocycles. The maximum absolute atomic E-state index is 5.90. The van der Waals surface area contributed by atoms with Crippen LogP contribution in [-0.4, -0.2) is 36.7 Å². The van der Waals surface area contributed by atoms with Crippen molar-refractivity contribution in [1.82, 2.24) is 4.90 Å². The van der Waals surface area contributed by atoms with Crippen LogP contribution in [0.25, 0.3) is 0 Å². The third-order valence-corrected chi connectivity index (χ3v) is 4.05. The molecule has 2 aliphatic heterocycles. The van der Waals surface area contributed by atoms with Crippen molar-refractivity contribution in [1.29, 1.82) is 0 Å². The summed E-state index contributed by atoms with van der Waals surface area (Å²) in [6, 6.07) is 0. The highest BCUT2D eigenvalue weighted by atomic mass is 16.5. The van der Waals surface area contributed by atoms with Crippen molar-refractivity contribution in [2.75, 3.05) is 26.2 Å². The molecule has 0 saturated carbocycles. The quantitative estimate of drug-likeness (QED) is 0.733. The fraction of sp³-hybridized carbons (Fsp3) is 1.00. The van der Waals surface area contributed by atoms with Gasteiger partial charge in [0.1, 0.15) is 0 Å². The van der Waals surface area contributed by atoms with Crippen LogP contribution in [0.1, 0.15) is 53.9 Å². The van der Waals surface area contributed by atoms with Crippen LogP contribution >= 0.6 is 0 Å². The van der Waals surface area contributed by atoms with Gasteiger partial charge in [0.2, 0.25) is 0 Å². The number of likely N-dealkylation sites (tertiary alicyclic amines) is 1. The van der Waals surface area contributed by atoms with Gasteiger partial charge in [-0.15, -0.1) is 0 Å². The Hall–Kier alpha value is -0.0800. The zero-order valence-corrected chi connectivity index (χ0v) is 12.5. The van der Waals surface area contributed by atoms with Gasteiger partial charge in [0.25, 0.3) is 0 Å². The second-order valence-corrected chi connectivity index (χ2v) is 6.22. The highest BCUT2D eigenvalue weighted by Crippen LogP contribution is 2.37. The normalized spacial score (nSPS) is 33.2. The van der Waals surface area contributed by atoms with Gasteiger partial charge in [-0.25, -0.2) is 0 Å². The van der Waals surface area contributed by atoms with Crippen molar-refractivity contribution in [3.05, 3.63) is 0 Å². The van der Waals surface area contributed by atoms with E-state index in [0.29, 0.717) is 0 Å². The Morgan fingerprint density at radius 2 is 2.00 bits per heavy atom. The van der Waals surface area contributed by atoms with Crippen molar-refractivity contribution in [3.63, 3.8) is 0 Å². The zero-order chi connectivity index (χ0) is 12.9. The molecule has 2 heterocycles. The fourth-order valence-electron chi connectivity index (χ4n) is 2.55. The smallest absolute Gasteiger partial charge is 0.0824 e. The molecule has 0 aromatic carbocycles. The van der Waals surface area contributed by atoms with E-state index < -0.39 is 0 Å². The van der Waals surface area contributed by atoms with Crippen LogP contribution in [-0.2, 0) is 4.74 Å². The van der Waals surface area contributed by atoms with Gasteiger partial charge >= 0.3 is 0 Å². The topological polar surface area (TPSA) is 12.5 Å². The molecule has 2 aliphatic rings. The highest BCUT2D eigenvalue weighted by molar-refractivity contribution is 4.95. The minimum absolute atomic E-state index is 0.259. The Bertz CT molecular complexity index is 217. The SMILES string of the molecule is CCC(C)C.CCN1CCC2(CC(C)CO2)C1. The maximum atomic E-state index is 5.90. The van der Waals surface area contributed by atoms with Gasteiger partial charge in [0.05, 0.1) is 12.2 Å². The van der Waals surface area contributed by atoms with Gasteiger partial charge in [-0.3, -0.25) is 0 Å². The molecule has 0 aliphatic carbocycles. The highest BCUT2D eigenvalue weighted by Gasteiger charge is 2.43. The van der Waals surface area contributed by atoms with Gasteiger partial charge in [-0.2, -0.15) is 0 Å². The van der Waals surface area contributed by atoms with Crippen molar-refractivity contribution in [3.8, 4) is 0 Å². The molecule has 0 N–H and O–H groups in total. The number of rotatable bonds is 2. The molecule has 2 fully saturated rings. The van der Waals surface area contributed by atoms with Crippen LogP contribution < -0.4 is 0 Å². The lowest BCUT2D eigenvalue weighted by atomic mass is 9.95. The third kappa shape index (κ3) is 4.59. The average molecular weight is 241 g/mol. The number of ether oxygens (including phenoxy) is 1. The van der Waals surface area contributed by atoms with Crippen LogP contribution in [0.2, 0.25) is 0 Å². The first-order valence-corrected chi connectivity index (χ1v) is 7.37. The molecule has 0 radical (unpaired) electrons. The summed E-state index contributed by atoms with van der Waals surface area (Å²) in [6.45, 7) is 15.7. The second kappa shape index (κ2) is 6.75. The Balaban J connectivity index is 0.000000249. The van der Waals surface area contributed by atoms with Crippen LogP contribution in [0.15, 0.2) is 0 Å². The lowest BCUT2D eigenvalue weighted by molar-refractivity contribution is 0.0122. The molecule has 102 valence electrons. The first kappa shape index (κ1) is 15.0. The minimum Gasteiger partial charge on any atom is -0.373 e. The molecule has 0 amide bonds. The van der Waals surface area contributed by atoms with Crippen molar-refractivity contribution in [2.45, 2.75) is 59.5 Å². The van der Waals surface area contributed by atoms with Crippen LogP contribution in [0.4, 0.5) is 0 Å². The third-order valence-electron chi connectivity index (χ3n) is 4.05. The van der Waals surface area contributed by atoms with E-state index in [4.69, 9.17) is 4.74 Å². The first-order chi connectivity index (χ1) is 8.01. The summed E-state index contributed by atoms with van der Waals surface area (Å²) < 4.78 is 5.90. The molecule has 0 bridgehead atoms. The van der Waals surface area contributed by atoms with Gasteiger partial charge in [-0.1, -0.05) is 41.0 Å². The van der Waals surface area contributed by atoms with E-state index in [2.05, 4.69) is 39.5 Å². The zero-order valence-electron chi connectivity index (χ0n) is 12.5. The summed E-state index contributed by atoms with van der Waals surface area (Å²) in [7, 11) is 0. The van der Waals surface area contributed by atoms with Crippen LogP contribution in [0.3, 0.4) is 0 Å². The molecule has 2 nitrogen and oxygen atoms in total. The van der Waals surface area contributed by atoms with E-state index in [1.807, 2.05) is 0 Å². The van der Waals surface area contributed by atoms with Crippen LogP contribution in [0, 0.1) is 11.8 Å². The average Bonchev–Trinajstić information content (AvgIpc) is 2.87. The minimum atomic E-state index is 0.259. The number of hydrogen-bond acceptors (Lipinski definition) is 2. The Labute approximate surface area is 108 Å². The van der Waals surface area contributed by atoms with Crippen molar-refractivity contribution in [2.24, 2.45) is 11.8 Å². The van der Waals surface area contributed by atoms with Gasteiger partial charge in [0, 0.05) is 13.1 Å². The molecule has 2 heteroatoms. The number of likely N-dealkylation sites (N-methyl/N-ethyl adjacent to an activating group) is 1. The molecule has 2 unspecified atom stereocenters. The monoisotopic (exact) mass is 241 g/mol. The van der Waals surface area contributed by atoms with E-state index in [1.165, 1.54) is 38.9 Å². The molecular weight excluding hydrogens is 210 g/mol. The molecule has 2 atom stereocenters. The molecule has 17 heavy (non-hydrogen) atoms. The lowest BCUT2D eigenvalue weighted by Crippen LogP contribution is -2.32. The van der Waals surface area contributed by atoms with Crippen molar-refractivity contribution < 1.29 is 4.74 Å². The number of hydrogen-bond donors (Lipinski definition) is 0. The predicted octanol–water partition coefficient (Wildman–Crippen LogP) is 3.56. The lowest BCUT2D eigenvalue weighted by Gasteiger charge is -2.22. The molecule has 2 rings (SSSR count).